The van der Waals surface area contributed by atoms with Gasteiger partial charge < -0.3 is 0 Å². The standard InChI is InChI=1S/C9H4F3N3/c10-9(11,12)15-5-14-7-2-1-6(4-13)3-8(7)15/h1-3,5H. The minimum Gasteiger partial charge on any atom is -0.241 e. The molecule has 0 aliphatic carbocycles. The molecule has 0 fully saturated rings. The second-order valence-corrected chi connectivity index (χ2v) is 2.90. The van der Waals surface area contributed by atoms with Gasteiger partial charge in [0, 0.05) is 0 Å². The number of hydrogen-bond acceptors (Lipinski definition) is 2. The summed E-state index contributed by atoms with van der Waals surface area (Å²) in [4.78, 5) is 3.59. The Morgan fingerprint density at radius 2 is 2.07 bits per heavy atom. The Morgan fingerprint density at radius 3 is 2.67 bits per heavy atom. The molecule has 15 heavy (non-hydrogen) atoms. The van der Waals surface area contributed by atoms with Crippen LogP contribution >= 0.6 is 0 Å². The van der Waals surface area contributed by atoms with Crippen molar-refractivity contribution in [2.24, 2.45) is 0 Å². The zero-order chi connectivity index (χ0) is 11.1. The largest absolute Gasteiger partial charge is 0.490 e. The Labute approximate surface area is 82.4 Å². The fourth-order valence-electron chi connectivity index (χ4n) is 1.28. The lowest BCUT2D eigenvalue weighted by molar-refractivity contribution is -0.201. The van der Waals surface area contributed by atoms with Crippen molar-refractivity contribution in [2.45, 2.75) is 6.30 Å². The molecule has 0 aliphatic heterocycles. The monoisotopic (exact) mass is 211 g/mol. The molecule has 2 rings (SSSR count). The van der Waals surface area contributed by atoms with Crippen LogP contribution in [-0.2, 0) is 6.30 Å². The quantitative estimate of drug-likeness (QED) is 0.671. The van der Waals surface area contributed by atoms with Crippen LogP contribution < -0.4 is 0 Å². The fourth-order valence-corrected chi connectivity index (χ4v) is 1.28. The van der Waals surface area contributed by atoms with Gasteiger partial charge in [0.25, 0.3) is 0 Å². The Bertz CT molecular complexity index is 548. The summed E-state index contributed by atoms with van der Waals surface area (Å²) in [7, 11) is 0. The summed E-state index contributed by atoms with van der Waals surface area (Å²) in [5.41, 5.74) is 0.279. The molecule has 0 atom stereocenters. The van der Waals surface area contributed by atoms with Crippen LogP contribution in [0.3, 0.4) is 0 Å². The van der Waals surface area contributed by atoms with E-state index >= 15 is 0 Å². The van der Waals surface area contributed by atoms with E-state index in [1.807, 2.05) is 0 Å². The maximum Gasteiger partial charge on any atom is 0.490 e. The molecule has 0 bridgehead atoms. The summed E-state index contributed by atoms with van der Waals surface area (Å²) < 4.78 is 37.4. The first-order chi connectivity index (χ1) is 7.02. The van der Waals surface area contributed by atoms with Gasteiger partial charge >= 0.3 is 6.30 Å². The van der Waals surface area contributed by atoms with E-state index in [9.17, 15) is 13.2 Å². The number of nitriles is 1. The molecular weight excluding hydrogens is 207 g/mol. The summed E-state index contributed by atoms with van der Waals surface area (Å²) in [5, 5.41) is 8.57. The van der Waals surface area contributed by atoms with Gasteiger partial charge in [0.15, 0.2) is 0 Å². The first-order valence-corrected chi connectivity index (χ1v) is 3.97. The Kier molecular flexibility index (Phi) is 1.89. The van der Waals surface area contributed by atoms with Crippen LogP contribution in [0.4, 0.5) is 13.2 Å². The van der Waals surface area contributed by atoms with Crippen LogP contribution in [0.2, 0.25) is 0 Å². The van der Waals surface area contributed by atoms with Crippen LogP contribution in [0, 0.1) is 11.3 Å². The second-order valence-electron chi connectivity index (χ2n) is 2.90. The SMILES string of the molecule is N#Cc1ccc2ncn(C(F)(F)F)c2c1. The molecule has 1 aromatic carbocycles. The highest BCUT2D eigenvalue weighted by Crippen LogP contribution is 2.27. The number of rotatable bonds is 0. The van der Waals surface area contributed by atoms with Crippen molar-refractivity contribution in [3.8, 4) is 6.07 Å². The Morgan fingerprint density at radius 1 is 1.33 bits per heavy atom. The topological polar surface area (TPSA) is 41.6 Å². The van der Waals surface area contributed by atoms with Gasteiger partial charge in [-0.05, 0) is 18.2 Å². The maximum atomic E-state index is 12.4. The smallest absolute Gasteiger partial charge is 0.241 e. The van der Waals surface area contributed by atoms with Crippen LogP contribution in [0.5, 0.6) is 0 Å². The molecule has 2 aromatic rings. The molecule has 0 unspecified atom stereocenters. The number of aromatic nitrogens is 2. The van der Waals surface area contributed by atoms with E-state index in [1.165, 1.54) is 12.1 Å². The zero-order valence-electron chi connectivity index (χ0n) is 7.28. The van der Waals surface area contributed by atoms with Crippen LogP contribution in [0.1, 0.15) is 5.56 Å². The highest BCUT2D eigenvalue weighted by Gasteiger charge is 2.32. The van der Waals surface area contributed by atoms with Crippen molar-refractivity contribution >= 4 is 11.0 Å². The van der Waals surface area contributed by atoms with E-state index in [2.05, 4.69) is 4.98 Å². The van der Waals surface area contributed by atoms with Gasteiger partial charge in [-0.1, -0.05) is 0 Å². The molecule has 0 spiro atoms. The van der Waals surface area contributed by atoms with Gasteiger partial charge in [0.05, 0.1) is 22.7 Å². The number of hydrogen-bond donors (Lipinski definition) is 0. The highest BCUT2D eigenvalue weighted by atomic mass is 19.4. The van der Waals surface area contributed by atoms with Crippen LogP contribution in [-0.4, -0.2) is 9.55 Å². The van der Waals surface area contributed by atoms with Crippen molar-refractivity contribution in [1.29, 1.82) is 5.26 Å². The van der Waals surface area contributed by atoms with E-state index in [4.69, 9.17) is 5.26 Å². The number of nitrogens with zero attached hydrogens (tertiary/aromatic N) is 3. The predicted octanol–water partition coefficient (Wildman–Crippen LogP) is 2.38. The van der Waals surface area contributed by atoms with Gasteiger partial charge in [-0.15, -0.1) is 13.2 Å². The van der Waals surface area contributed by atoms with Gasteiger partial charge in [0.2, 0.25) is 0 Å². The Hall–Kier alpha value is -2.03. The van der Waals surface area contributed by atoms with Crippen LogP contribution in [0.25, 0.3) is 11.0 Å². The number of alkyl halides is 3. The number of imidazole rings is 1. The van der Waals surface area contributed by atoms with E-state index in [-0.39, 0.29) is 21.2 Å². The summed E-state index contributed by atoms with van der Waals surface area (Å²) in [6.07, 6.45) is -3.81. The molecule has 76 valence electrons. The zero-order valence-corrected chi connectivity index (χ0v) is 7.28. The van der Waals surface area contributed by atoms with Gasteiger partial charge in [-0.25, -0.2) is 9.55 Å². The number of halogens is 3. The first kappa shape index (κ1) is 9.52. The maximum absolute atomic E-state index is 12.4. The lowest BCUT2D eigenvalue weighted by Gasteiger charge is -2.07. The summed E-state index contributed by atoms with van der Waals surface area (Å²) in [6.45, 7) is 0. The molecule has 0 saturated carbocycles. The van der Waals surface area contributed by atoms with Crippen molar-refractivity contribution < 1.29 is 13.2 Å². The third-order valence-corrected chi connectivity index (χ3v) is 1.95. The molecule has 3 nitrogen and oxygen atoms in total. The number of fused-ring (bicyclic) bond motifs is 1. The van der Waals surface area contributed by atoms with E-state index in [1.54, 1.807) is 6.07 Å². The lowest BCUT2D eigenvalue weighted by atomic mass is 10.2. The highest BCUT2D eigenvalue weighted by molar-refractivity contribution is 5.77. The van der Waals surface area contributed by atoms with Crippen molar-refractivity contribution in [1.82, 2.24) is 9.55 Å². The molecule has 0 radical (unpaired) electrons. The number of benzene rings is 1. The average Bonchev–Trinajstić information content (AvgIpc) is 2.59. The molecule has 1 heterocycles. The minimum atomic E-state index is -4.51. The first-order valence-electron chi connectivity index (χ1n) is 3.97. The predicted molar refractivity (Wildman–Crippen MR) is 45.7 cm³/mol. The van der Waals surface area contributed by atoms with Crippen molar-refractivity contribution in [3.63, 3.8) is 0 Å². The van der Waals surface area contributed by atoms with Crippen molar-refractivity contribution in [3.05, 3.63) is 30.1 Å². The fraction of sp³-hybridized carbons (Fsp3) is 0.111. The minimum absolute atomic E-state index is 0.0865. The van der Waals surface area contributed by atoms with Crippen molar-refractivity contribution in [2.75, 3.05) is 0 Å². The summed E-state index contributed by atoms with van der Waals surface area (Å²) in [6, 6.07) is 5.75. The van der Waals surface area contributed by atoms with Gasteiger partial charge in [-0.3, -0.25) is 0 Å². The van der Waals surface area contributed by atoms with Gasteiger partial charge in [-0.2, -0.15) is 5.26 Å². The second kappa shape index (κ2) is 2.98. The van der Waals surface area contributed by atoms with E-state index in [0.29, 0.717) is 6.33 Å². The summed E-state index contributed by atoms with van der Waals surface area (Å²) in [5.74, 6) is 0. The Balaban J connectivity index is 2.73. The van der Waals surface area contributed by atoms with Crippen LogP contribution in [0.15, 0.2) is 24.5 Å². The molecular formula is C9H4F3N3. The molecule has 1 aromatic heterocycles. The van der Waals surface area contributed by atoms with Gasteiger partial charge in [0.1, 0.15) is 6.33 Å². The molecule has 0 amide bonds. The molecule has 0 saturated heterocycles. The average molecular weight is 211 g/mol. The summed E-state index contributed by atoms with van der Waals surface area (Å²) >= 11 is 0. The van der Waals surface area contributed by atoms with E-state index < -0.39 is 6.30 Å². The molecule has 0 aliphatic rings. The molecule has 6 heteroatoms. The normalized spacial score (nSPS) is 11.6. The van der Waals surface area contributed by atoms with E-state index in [0.717, 1.165) is 6.07 Å². The third-order valence-electron chi connectivity index (χ3n) is 1.95. The lowest BCUT2D eigenvalue weighted by Crippen LogP contribution is -2.15. The third kappa shape index (κ3) is 1.52. The molecule has 0 N–H and O–H groups in total.